The van der Waals surface area contributed by atoms with Crippen LogP contribution in [-0.4, -0.2) is 55.6 Å². The number of nitrogens with zero attached hydrogens (tertiary/aromatic N) is 3. The molecular formula is C17H23N3O5S. The van der Waals surface area contributed by atoms with E-state index < -0.39 is 0 Å². The highest BCUT2D eigenvalue weighted by Crippen LogP contribution is 2.31. The molecule has 9 heteroatoms. The summed E-state index contributed by atoms with van der Waals surface area (Å²) in [5.74, 6) is 1.06. The van der Waals surface area contributed by atoms with Crippen LogP contribution in [0.3, 0.4) is 0 Å². The van der Waals surface area contributed by atoms with Gasteiger partial charge in [0.25, 0.3) is 4.84 Å². The molecule has 1 unspecified atom stereocenters. The second-order valence-corrected chi connectivity index (χ2v) is 6.20. The number of carbonyl (C=O) groups excluding carboxylic acids is 1. The molecule has 1 aromatic carbocycles. The highest BCUT2D eigenvalue weighted by molar-refractivity contribution is 7.71. The van der Waals surface area contributed by atoms with E-state index in [-0.39, 0.29) is 16.7 Å². The predicted molar refractivity (Wildman–Crippen MR) is 97.7 cm³/mol. The number of benzene rings is 1. The van der Waals surface area contributed by atoms with Crippen LogP contribution in [0.2, 0.25) is 0 Å². The van der Waals surface area contributed by atoms with Crippen molar-refractivity contribution in [3.63, 3.8) is 0 Å². The summed E-state index contributed by atoms with van der Waals surface area (Å²) in [5, 5.41) is 4.41. The Bertz CT molecular complexity index is 817. The van der Waals surface area contributed by atoms with Gasteiger partial charge in [0.1, 0.15) is 0 Å². The van der Waals surface area contributed by atoms with Crippen LogP contribution in [0.4, 0.5) is 0 Å². The molecular weight excluding hydrogens is 358 g/mol. The summed E-state index contributed by atoms with van der Waals surface area (Å²) in [5.41, 5.74) is 0.720. The predicted octanol–water partition coefficient (Wildman–Crippen LogP) is 2.59. The van der Waals surface area contributed by atoms with Crippen molar-refractivity contribution in [2.75, 3.05) is 34.9 Å². The first kappa shape index (κ1) is 19.9. The van der Waals surface area contributed by atoms with Gasteiger partial charge in [-0.25, -0.2) is 4.68 Å². The first-order valence-corrected chi connectivity index (χ1v) is 8.37. The maximum atomic E-state index is 11.5. The molecule has 1 atom stereocenters. The molecule has 0 aliphatic carbocycles. The molecule has 0 saturated heterocycles. The molecule has 0 saturated carbocycles. The van der Waals surface area contributed by atoms with Crippen LogP contribution in [0.1, 0.15) is 6.92 Å². The summed E-state index contributed by atoms with van der Waals surface area (Å²) in [7, 11) is 6.38. The van der Waals surface area contributed by atoms with Crippen LogP contribution in [0.5, 0.6) is 11.5 Å². The minimum Gasteiger partial charge on any atom is -0.493 e. The van der Waals surface area contributed by atoms with Crippen LogP contribution in [0.25, 0.3) is 11.5 Å². The third-order valence-corrected chi connectivity index (χ3v) is 4.10. The number of rotatable bonds is 8. The van der Waals surface area contributed by atoms with Crippen molar-refractivity contribution in [1.29, 1.82) is 0 Å². The van der Waals surface area contributed by atoms with Crippen molar-refractivity contribution >= 4 is 18.2 Å². The zero-order valence-corrected chi connectivity index (χ0v) is 16.3. The van der Waals surface area contributed by atoms with Gasteiger partial charge in [-0.1, -0.05) is 6.92 Å². The molecule has 0 aliphatic rings. The molecule has 1 heterocycles. The maximum Gasteiger partial charge on any atom is 0.309 e. The van der Waals surface area contributed by atoms with E-state index in [0.29, 0.717) is 30.6 Å². The number of hydrogen-bond acceptors (Lipinski definition) is 8. The first-order valence-electron chi connectivity index (χ1n) is 7.96. The van der Waals surface area contributed by atoms with Gasteiger partial charge in [0, 0.05) is 12.1 Å². The van der Waals surface area contributed by atoms with Crippen LogP contribution in [0, 0.1) is 10.8 Å². The molecule has 142 valence electrons. The highest BCUT2D eigenvalue weighted by Gasteiger charge is 2.17. The molecule has 0 radical (unpaired) electrons. The van der Waals surface area contributed by atoms with Crippen molar-refractivity contribution in [2.45, 2.75) is 13.6 Å². The fourth-order valence-electron chi connectivity index (χ4n) is 2.51. The average molecular weight is 381 g/mol. The number of hydrogen-bond donors (Lipinski definition) is 0. The number of carbonyl (C=O) groups is 1. The van der Waals surface area contributed by atoms with Crippen LogP contribution in [-0.2, 0) is 16.2 Å². The van der Waals surface area contributed by atoms with Gasteiger partial charge in [-0.3, -0.25) is 9.69 Å². The Morgan fingerprint density at radius 2 is 2.00 bits per heavy atom. The monoisotopic (exact) mass is 381 g/mol. The van der Waals surface area contributed by atoms with Gasteiger partial charge in [-0.2, -0.15) is 0 Å². The number of esters is 1. The smallest absolute Gasteiger partial charge is 0.309 e. The molecule has 0 amide bonds. The van der Waals surface area contributed by atoms with Gasteiger partial charge < -0.3 is 18.6 Å². The number of ether oxygens (including phenoxy) is 3. The lowest BCUT2D eigenvalue weighted by atomic mass is 10.2. The summed E-state index contributed by atoms with van der Waals surface area (Å²) >= 11 is 5.25. The lowest BCUT2D eigenvalue weighted by Gasteiger charge is -2.19. The Morgan fingerprint density at radius 1 is 1.31 bits per heavy atom. The van der Waals surface area contributed by atoms with Crippen molar-refractivity contribution in [2.24, 2.45) is 5.92 Å². The minimum atomic E-state index is -0.258. The molecule has 0 aliphatic heterocycles. The lowest BCUT2D eigenvalue weighted by Crippen LogP contribution is -2.31. The van der Waals surface area contributed by atoms with E-state index in [1.807, 2.05) is 18.0 Å². The molecule has 0 bridgehead atoms. The second-order valence-electron chi connectivity index (χ2n) is 5.85. The van der Waals surface area contributed by atoms with Gasteiger partial charge >= 0.3 is 5.97 Å². The molecule has 8 nitrogen and oxygen atoms in total. The number of aromatic nitrogens is 2. The third kappa shape index (κ3) is 4.61. The van der Waals surface area contributed by atoms with E-state index in [2.05, 4.69) is 5.10 Å². The Hall–Kier alpha value is -2.39. The molecule has 0 fully saturated rings. The lowest BCUT2D eigenvalue weighted by molar-refractivity contribution is -0.145. The first-order chi connectivity index (χ1) is 12.4. The summed E-state index contributed by atoms with van der Waals surface area (Å²) in [6, 6.07) is 5.36. The standard InChI is InChI=1S/C17H23N3O5S/c1-11(16(21)24-5)9-19(2)10-20-17(26)25-15(18-20)12-6-7-13(22-3)14(8-12)23-4/h6-8,11H,9-10H2,1-5H3. The highest BCUT2D eigenvalue weighted by atomic mass is 32.1. The van der Waals surface area contributed by atoms with E-state index >= 15 is 0 Å². The van der Waals surface area contributed by atoms with Gasteiger partial charge in [0.05, 0.1) is 33.9 Å². The zero-order valence-electron chi connectivity index (χ0n) is 15.5. The van der Waals surface area contributed by atoms with Gasteiger partial charge in [-0.05, 0) is 37.5 Å². The summed E-state index contributed by atoms with van der Waals surface area (Å²) in [6.45, 7) is 2.70. The quantitative estimate of drug-likeness (QED) is 0.510. The van der Waals surface area contributed by atoms with E-state index in [0.717, 1.165) is 5.56 Å². The Morgan fingerprint density at radius 3 is 2.62 bits per heavy atom. The topological polar surface area (TPSA) is 79.0 Å². The average Bonchev–Trinajstić information content (AvgIpc) is 3.00. The Balaban J connectivity index is 2.16. The molecule has 2 rings (SSSR count). The van der Waals surface area contributed by atoms with Crippen LogP contribution < -0.4 is 9.47 Å². The SMILES string of the molecule is COC(=O)C(C)CN(C)Cn1nc(-c2ccc(OC)c(OC)c2)oc1=S. The third-order valence-electron chi connectivity index (χ3n) is 3.80. The fraction of sp³-hybridized carbons (Fsp3) is 0.471. The van der Waals surface area contributed by atoms with E-state index in [4.69, 9.17) is 30.8 Å². The summed E-state index contributed by atoms with van der Waals surface area (Å²) in [4.78, 5) is 13.7. The van der Waals surface area contributed by atoms with Gasteiger partial charge in [-0.15, -0.1) is 5.10 Å². The van der Waals surface area contributed by atoms with Crippen molar-refractivity contribution in [1.82, 2.24) is 14.7 Å². The molecule has 1 aromatic heterocycles. The molecule has 0 spiro atoms. The second kappa shape index (κ2) is 8.81. The normalized spacial score (nSPS) is 12.1. The van der Waals surface area contributed by atoms with Crippen molar-refractivity contribution in [3.8, 4) is 23.0 Å². The maximum absolute atomic E-state index is 11.5. The van der Waals surface area contributed by atoms with Gasteiger partial charge in [0.15, 0.2) is 11.5 Å². The van der Waals surface area contributed by atoms with E-state index in [9.17, 15) is 4.79 Å². The fourth-order valence-corrected chi connectivity index (χ4v) is 2.69. The summed E-state index contributed by atoms with van der Waals surface area (Å²) in [6.07, 6.45) is 0. The molecule has 26 heavy (non-hydrogen) atoms. The molecule has 0 N–H and O–H groups in total. The minimum absolute atomic E-state index is 0.243. The van der Waals surface area contributed by atoms with Crippen molar-refractivity contribution < 1.29 is 23.4 Å². The van der Waals surface area contributed by atoms with Gasteiger partial charge in [0.2, 0.25) is 5.89 Å². The van der Waals surface area contributed by atoms with Crippen LogP contribution in [0.15, 0.2) is 22.6 Å². The Kier molecular flexibility index (Phi) is 6.76. The van der Waals surface area contributed by atoms with E-state index in [1.165, 1.54) is 7.11 Å². The Labute approximate surface area is 157 Å². The largest absolute Gasteiger partial charge is 0.493 e. The zero-order chi connectivity index (χ0) is 19.3. The summed E-state index contributed by atoms with van der Waals surface area (Å²) < 4.78 is 22.4. The van der Waals surface area contributed by atoms with E-state index in [1.54, 1.807) is 38.0 Å². The van der Waals surface area contributed by atoms with Crippen molar-refractivity contribution in [3.05, 3.63) is 23.0 Å². The number of methoxy groups -OCH3 is 3. The van der Waals surface area contributed by atoms with Crippen LogP contribution >= 0.6 is 12.2 Å². The molecule has 2 aromatic rings.